The Hall–Kier alpha value is -2.04. The number of hydrogen-bond donors (Lipinski definition) is 1. The van der Waals surface area contributed by atoms with Crippen molar-refractivity contribution in [1.29, 1.82) is 0 Å². The monoisotopic (exact) mass is 277 g/mol. The van der Waals surface area contributed by atoms with Gasteiger partial charge < -0.3 is 14.7 Å². The predicted molar refractivity (Wildman–Crippen MR) is 73.7 cm³/mol. The fraction of sp³-hybridized carbons (Fsp3) is 0.467. The molecule has 0 saturated heterocycles. The summed E-state index contributed by atoms with van der Waals surface area (Å²) in [6.45, 7) is 2.33. The molecule has 0 aromatic heterocycles. The third kappa shape index (κ3) is 2.92. The van der Waals surface area contributed by atoms with Gasteiger partial charge in [-0.1, -0.05) is 25.1 Å². The first-order chi connectivity index (χ1) is 9.50. The van der Waals surface area contributed by atoms with E-state index >= 15 is 0 Å². The molecule has 0 bridgehead atoms. The second-order valence-electron chi connectivity index (χ2n) is 5.19. The molecule has 20 heavy (non-hydrogen) atoms. The molecule has 0 aliphatic carbocycles. The number of rotatable bonds is 4. The lowest BCUT2D eigenvalue weighted by molar-refractivity contribution is -0.143. The number of hydrogen-bond acceptors (Lipinski definition) is 3. The van der Waals surface area contributed by atoms with Crippen LogP contribution in [0.5, 0.6) is 5.75 Å². The number of likely N-dealkylation sites (N-methyl/N-ethyl adjacent to an activating group) is 1. The third-order valence-electron chi connectivity index (χ3n) is 3.60. The lowest BCUT2D eigenvalue weighted by atomic mass is 9.91. The minimum absolute atomic E-state index is 0.0474. The van der Waals surface area contributed by atoms with Crippen molar-refractivity contribution >= 4 is 11.9 Å². The van der Waals surface area contributed by atoms with E-state index in [4.69, 9.17) is 9.84 Å². The van der Waals surface area contributed by atoms with Crippen LogP contribution < -0.4 is 4.74 Å². The second kappa shape index (κ2) is 5.94. The van der Waals surface area contributed by atoms with E-state index in [-0.39, 0.29) is 18.4 Å². The Kier molecular flexibility index (Phi) is 4.27. The van der Waals surface area contributed by atoms with Crippen molar-refractivity contribution in [1.82, 2.24) is 4.90 Å². The van der Waals surface area contributed by atoms with E-state index in [2.05, 4.69) is 0 Å². The Morgan fingerprint density at radius 2 is 2.15 bits per heavy atom. The zero-order chi connectivity index (χ0) is 14.7. The molecule has 1 N–H and O–H groups in total. The van der Waals surface area contributed by atoms with E-state index in [1.807, 2.05) is 24.3 Å². The van der Waals surface area contributed by atoms with Gasteiger partial charge in [-0.2, -0.15) is 0 Å². The van der Waals surface area contributed by atoms with Crippen molar-refractivity contribution < 1.29 is 19.4 Å². The molecule has 1 amide bonds. The van der Waals surface area contributed by atoms with E-state index in [0.29, 0.717) is 13.0 Å². The summed E-state index contributed by atoms with van der Waals surface area (Å²) in [5.41, 5.74) is 0.888. The summed E-state index contributed by atoms with van der Waals surface area (Å²) in [4.78, 5) is 24.9. The van der Waals surface area contributed by atoms with Crippen molar-refractivity contribution in [3.05, 3.63) is 29.8 Å². The molecule has 2 atom stereocenters. The average Bonchev–Trinajstić information content (AvgIpc) is 2.45. The predicted octanol–water partition coefficient (Wildman–Crippen LogP) is 1.73. The minimum Gasteiger partial charge on any atom is -0.493 e. The van der Waals surface area contributed by atoms with Crippen LogP contribution in [-0.4, -0.2) is 42.1 Å². The Balaban J connectivity index is 2.12. The highest BCUT2D eigenvalue weighted by atomic mass is 16.5. The maximum Gasteiger partial charge on any atom is 0.308 e. The Bertz CT molecular complexity index is 514. The largest absolute Gasteiger partial charge is 0.493 e. The van der Waals surface area contributed by atoms with Crippen molar-refractivity contribution in [2.75, 3.05) is 20.2 Å². The van der Waals surface area contributed by atoms with Crippen LogP contribution in [0.4, 0.5) is 0 Å². The topological polar surface area (TPSA) is 66.8 Å². The van der Waals surface area contributed by atoms with Crippen LogP contribution in [0, 0.1) is 5.92 Å². The van der Waals surface area contributed by atoms with Gasteiger partial charge >= 0.3 is 5.97 Å². The number of fused-ring (bicyclic) bond motifs is 1. The van der Waals surface area contributed by atoms with Gasteiger partial charge in [0.05, 0.1) is 18.4 Å². The van der Waals surface area contributed by atoms with Gasteiger partial charge in [0.15, 0.2) is 0 Å². The summed E-state index contributed by atoms with van der Waals surface area (Å²) in [7, 11) is 1.65. The average molecular weight is 277 g/mol. The first kappa shape index (κ1) is 14.4. The summed E-state index contributed by atoms with van der Waals surface area (Å²) in [6.07, 6.45) is 0.627. The van der Waals surface area contributed by atoms with Gasteiger partial charge in [0.2, 0.25) is 5.91 Å². The number of ether oxygens (including phenoxy) is 1. The van der Waals surface area contributed by atoms with Crippen LogP contribution in [-0.2, 0) is 9.59 Å². The van der Waals surface area contributed by atoms with Crippen LogP contribution in [0.2, 0.25) is 0 Å². The van der Waals surface area contributed by atoms with Crippen LogP contribution in [0.15, 0.2) is 24.3 Å². The van der Waals surface area contributed by atoms with Gasteiger partial charge in [-0.3, -0.25) is 9.59 Å². The molecule has 1 aromatic carbocycles. The fourth-order valence-corrected chi connectivity index (χ4v) is 2.44. The van der Waals surface area contributed by atoms with Crippen LogP contribution in [0.25, 0.3) is 0 Å². The molecule has 108 valence electrons. The molecular formula is C15H19NO4. The number of carbonyl (C=O) groups is 2. The number of amides is 1. The van der Waals surface area contributed by atoms with Gasteiger partial charge in [0.25, 0.3) is 0 Å². The number of carboxylic acid groups (broad SMARTS) is 1. The maximum atomic E-state index is 12.5. The number of carboxylic acids is 1. The Morgan fingerprint density at radius 1 is 1.45 bits per heavy atom. The molecule has 0 fully saturated rings. The number of benzene rings is 1. The zero-order valence-electron chi connectivity index (χ0n) is 11.7. The quantitative estimate of drug-likeness (QED) is 0.910. The van der Waals surface area contributed by atoms with E-state index < -0.39 is 11.9 Å². The van der Waals surface area contributed by atoms with Gasteiger partial charge in [0.1, 0.15) is 5.75 Å². The SMILES string of the molecule is C[C@H](CN(C)C(=O)[C@@H]1CCOc2ccccc21)C(=O)O. The molecule has 1 aliphatic heterocycles. The summed E-state index contributed by atoms with van der Waals surface area (Å²) < 4.78 is 5.54. The molecule has 5 heteroatoms. The van der Waals surface area contributed by atoms with Gasteiger partial charge in [-0.15, -0.1) is 0 Å². The summed E-state index contributed by atoms with van der Waals surface area (Å²) in [5.74, 6) is -1.01. The van der Waals surface area contributed by atoms with Crippen molar-refractivity contribution in [2.24, 2.45) is 5.92 Å². The van der Waals surface area contributed by atoms with E-state index in [1.165, 1.54) is 4.90 Å². The van der Waals surface area contributed by atoms with E-state index in [9.17, 15) is 9.59 Å². The first-order valence-corrected chi connectivity index (χ1v) is 6.70. The van der Waals surface area contributed by atoms with Crippen LogP contribution >= 0.6 is 0 Å². The maximum absolute atomic E-state index is 12.5. The fourth-order valence-electron chi connectivity index (χ4n) is 2.44. The second-order valence-corrected chi connectivity index (χ2v) is 5.19. The molecule has 1 aromatic rings. The highest BCUT2D eigenvalue weighted by molar-refractivity contribution is 5.85. The van der Waals surface area contributed by atoms with Crippen LogP contribution in [0.1, 0.15) is 24.8 Å². The van der Waals surface area contributed by atoms with Gasteiger partial charge in [-0.05, 0) is 12.5 Å². The minimum atomic E-state index is -0.892. The van der Waals surface area contributed by atoms with E-state index in [0.717, 1.165) is 11.3 Å². The van der Waals surface area contributed by atoms with Gasteiger partial charge in [0, 0.05) is 19.2 Å². The molecule has 0 unspecified atom stereocenters. The smallest absolute Gasteiger partial charge is 0.308 e. The molecule has 0 radical (unpaired) electrons. The molecular weight excluding hydrogens is 258 g/mol. The molecule has 0 saturated carbocycles. The van der Waals surface area contributed by atoms with E-state index in [1.54, 1.807) is 14.0 Å². The summed E-state index contributed by atoms with van der Waals surface area (Å²) in [5, 5.41) is 8.92. The lowest BCUT2D eigenvalue weighted by Crippen LogP contribution is -2.38. The number of aliphatic carboxylic acids is 1. The molecule has 2 rings (SSSR count). The molecule has 1 aliphatic rings. The normalized spacial score (nSPS) is 18.6. The van der Waals surface area contributed by atoms with Crippen LogP contribution in [0.3, 0.4) is 0 Å². The Morgan fingerprint density at radius 3 is 2.85 bits per heavy atom. The Labute approximate surface area is 118 Å². The highest BCUT2D eigenvalue weighted by Crippen LogP contribution is 2.34. The number of carbonyl (C=O) groups excluding carboxylic acids is 1. The third-order valence-corrected chi connectivity index (χ3v) is 3.60. The van der Waals surface area contributed by atoms with Gasteiger partial charge in [-0.25, -0.2) is 0 Å². The molecule has 0 spiro atoms. The number of nitrogens with zero attached hydrogens (tertiary/aromatic N) is 1. The molecule has 1 heterocycles. The highest BCUT2D eigenvalue weighted by Gasteiger charge is 2.30. The lowest BCUT2D eigenvalue weighted by Gasteiger charge is -2.29. The van der Waals surface area contributed by atoms with Crippen molar-refractivity contribution in [3.63, 3.8) is 0 Å². The van der Waals surface area contributed by atoms with Crippen molar-refractivity contribution in [3.8, 4) is 5.75 Å². The zero-order valence-corrected chi connectivity index (χ0v) is 11.7. The first-order valence-electron chi connectivity index (χ1n) is 6.70. The number of para-hydroxylation sites is 1. The van der Waals surface area contributed by atoms with Crippen molar-refractivity contribution in [2.45, 2.75) is 19.3 Å². The summed E-state index contributed by atoms with van der Waals surface area (Å²) in [6, 6.07) is 7.51. The standard InChI is InChI=1S/C15H19NO4/c1-10(15(18)19)9-16(2)14(17)12-7-8-20-13-6-4-3-5-11(12)13/h3-6,10,12H,7-9H2,1-2H3,(H,18,19)/t10-,12-/m1/s1. The summed E-state index contributed by atoms with van der Waals surface area (Å²) >= 11 is 0. The molecule has 5 nitrogen and oxygen atoms in total.